The Morgan fingerprint density at radius 1 is 1.32 bits per heavy atom. The maximum absolute atomic E-state index is 11.5. The second kappa shape index (κ2) is 10.6. The van der Waals surface area contributed by atoms with Gasteiger partial charge in [0.15, 0.2) is 0 Å². The summed E-state index contributed by atoms with van der Waals surface area (Å²) >= 11 is 0. The van der Waals surface area contributed by atoms with Crippen LogP contribution in [0, 0.1) is 0 Å². The summed E-state index contributed by atoms with van der Waals surface area (Å²) in [6.45, 7) is 7.08. The summed E-state index contributed by atoms with van der Waals surface area (Å²) in [5.74, 6) is -0.242. The molecule has 1 amide bonds. The van der Waals surface area contributed by atoms with E-state index in [4.69, 9.17) is 0 Å². The molecule has 0 aliphatic rings. The highest BCUT2D eigenvalue weighted by atomic mass is 16.5. The van der Waals surface area contributed by atoms with Crippen LogP contribution in [0.25, 0.3) is 0 Å². The third kappa shape index (κ3) is 8.37. The van der Waals surface area contributed by atoms with Crippen LogP contribution in [0.15, 0.2) is 11.6 Å². The van der Waals surface area contributed by atoms with Gasteiger partial charge in [0.2, 0.25) is 5.91 Å². The lowest BCUT2D eigenvalue weighted by molar-refractivity contribution is -0.136. The Bertz CT molecular complexity index is 314. The van der Waals surface area contributed by atoms with E-state index in [0.717, 1.165) is 6.42 Å². The van der Waals surface area contributed by atoms with Crippen molar-refractivity contribution in [3.8, 4) is 0 Å². The Morgan fingerprint density at radius 3 is 2.53 bits per heavy atom. The maximum atomic E-state index is 11.5. The second-order valence-electron chi connectivity index (χ2n) is 4.41. The van der Waals surface area contributed by atoms with Gasteiger partial charge in [-0.05, 0) is 19.8 Å². The van der Waals surface area contributed by atoms with Gasteiger partial charge in [-0.1, -0.05) is 19.9 Å². The molecule has 0 rings (SSSR count). The van der Waals surface area contributed by atoms with Gasteiger partial charge in [-0.25, -0.2) is 4.79 Å². The number of carbonyl (C=O) groups is 2. The van der Waals surface area contributed by atoms with Crippen molar-refractivity contribution in [2.24, 2.45) is 0 Å². The fourth-order valence-electron chi connectivity index (χ4n) is 1.45. The first-order valence-electron chi connectivity index (χ1n) is 6.82. The van der Waals surface area contributed by atoms with Gasteiger partial charge in [-0.2, -0.15) is 0 Å². The summed E-state index contributed by atoms with van der Waals surface area (Å²) in [4.78, 5) is 22.8. The van der Waals surface area contributed by atoms with Crippen molar-refractivity contribution in [2.45, 2.75) is 46.1 Å². The van der Waals surface area contributed by atoms with Gasteiger partial charge < -0.3 is 15.4 Å². The van der Waals surface area contributed by atoms with E-state index in [-0.39, 0.29) is 17.9 Å². The number of carbonyl (C=O) groups excluding carboxylic acids is 2. The molecule has 0 aliphatic heterocycles. The van der Waals surface area contributed by atoms with Crippen molar-refractivity contribution in [1.29, 1.82) is 0 Å². The molecule has 5 heteroatoms. The molecule has 5 nitrogen and oxygen atoms in total. The van der Waals surface area contributed by atoms with E-state index in [9.17, 15) is 9.59 Å². The molecule has 0 aromatic carbocycles. The van der Waals surface area contributed by atoms with Crippen LogP contribution in [0.3, 0.4) is 0 Å². The molecule has 0 saturated carbocycles. The summed E-state index contributed by atoms with van der Waals surface area (Å²) in [6.07, 6.45) is 3.82. The molecule has 0 heterocycles. The zero-order valence-corrected chi connectivity index (χ0v) is 12.4. The van der Waals surface area contributed by atoms with Crippen LogP contribution in [0.4, 0.5) is 0 Å². The van der Waals surface area contributed by atoms with Crippen molar-refractivity contribution in [1.82, 2.24) is 10.6 Å². The average Bonchev–Trinajstić information content (AvgIpc) is 2.41. The smallest absolute Gasteiger partial charge is 0.333 e. The van der Waals surface area contributed by atoms with Crippen molar-refractivity contribution < 1.29 is 14.3 Å². The summed E-state index contributed by atoms with van der Waals surface area (Å²) < 4.78 is 4.66. The van der Waals surface area contributed by atoms with Gasteiger partial charge in [0, 0.05) is 31.1 Å². The lowest BCUT2D eigenvalue weighted by atomic mass is 10.2. The van der Waals surface area contributed by atoms with Gasteiger partial charge >= 0.3 is 5.97 Å². The van der Waals surface area contributed by atoms with E-state index in [1.54, 1.807) is 6.08 Å². The van der Waals surface area contributed by atoms with E-state index in [1.807, 2.05) is 20.8 Å². The number of rotatable bonds is 9. The highest BCUT2D eigenvalue weighted by Gasteiger charge is 2.06. The number of ether oxygens (including phenoxy) is 1. The highest BCUT2D eigenvalue weighted by Crippen LogP contribution is 2.01. The SMILES string of the molecule is CC/C(=C/CNCCC(=O)NC(C)CC)C(=O)OC. The number of amides is 1. The third-order valence-corrected chi connectivity index (χ3v) is 2.87. The first-order chi connectivity index (χ1) is 9.04. The minimum Gasteiger partial charge on any atom is -0.466 e. The van der Waals surface area contributed by atoms with Gasteiger partial charge in [-0.15, -0.1) is 0 Å². The molecule has 0 fully saturated rings. The minimum absolute atomic E-state index is 0.0505. The minimum atomic E-state index is -0.293. The van der Waals surface area contributed by atoms with Crippen LogP contribution in [0.1, 0.15) is 40.0 Å². The molecule has 0 aromatic rings. The van der Waals surface area contributed by atoms with Gasteiger partial charge in [0.25, 0.3) is 0 Å². The van der Waals surface area contributed by atoms with Crippen molar-refractivity contribution in [3.05, 3.63) is 11.6 Å². The Balaban J connectivity index is 3.83. The summed E-state index contributed by atoms with van der Waals surface area (Å²) in [5, 5.41) is 6.01. The molecule has 1 unspecified atom stereocenters. The number of hydrogen-bond acceptors (Lipinski definition) is 4. The third-order valence-electron chi connectivity index (χ3n) is 2.87. The Labute approximate surface area is 115 Å². The molecule has 0 spiro atoms. The lowest BCUT2D eigenvalue weighted by Gasteiger charge is -2.11. The standard InChI is InChI=1S/C14H26N2O3/c1-5-11(3)16-13(17)8-10-15-9-7-12(6-2)14(18)19-4/h7,11,15H,5-6,8-10H2,1-4H3,(H,16,17)/b12-7-. The van der Waals surface area contributed by atoms with Gasteiger partial charge in [-0.3, -0.25) is 4.79 Å². The molecular formula is C14H26N2O3. The van der Waals surface area contributed by atoms with Crippen LogP contribution >= 0.6 is 0 Å². The highest BCUT2D eigenvalue weighted by molar-refractivity contribution is 5.88. The summed E-state index contributed by atoms with van der Waals surface area (Å²) in [5.41, 5.74) is 0.652. The first kappa shape index (κ1) is 17.6. The molecular weight excluding hydrogens is 244 g/mol. The van der Waals surface area contributed by atoms with E-state index >= 15 is 0 Å². The van der Waals surface area contributed by atoms with Gasteiger partial charge in [0.05, 0.1) is 7.11 Å². The zero-order valence-electron chi connectivity index (χ0n) is 12.4. The number of esters is 1. The molecule has 0 saturated heterocycles. The second-order valence-corrected chi connectivity index (χ2v) is 4.41. The van der Waals surface area contributed by atoms with Crippen LogP contribution in [-0.4, -0.2) is 38.1 Å². The predicted octanol–water partition coefficient (Wildman–Crippen LogP) is 1.39. The monoisotopic (exact) mass is 270 g/mol. The first-order valence-corrected chi connectivity index (χ1v) is 6.82. The van der Waals surface area contributed by atoms with Crippen LogP contribution in [0.2, 0.25) is 0 Å². The topological polar surface area (TPSA) is 67.4 Å². The lowest BCUT2D eigenvalue weighted by Crippen LogP contribution is -2.34. The Morgan fingerprint density at radius 2 is 2.00 bits per heavy atom. The molecule has 1 atom stereocenters. The quantitative estimate of drug-likeness (QED) is 0.377. The summed E-state index contributed by atoms with van der Waals surface area (Å²) in [7, 11) is 1.37. The van der Waals surface area contributed by atoms with Crippen LogP contribution in [0.5, 0.6) is 0 Å². The zero-order chi connectivity index (χ0) is 14.7. The number of nitrogens with one attached hydrogen (secondary N) is 2. The largest absolute Gasteiger partial charge is 0.466 e. The molecule has 0 aliphatic carbocycles. The van der Waals surface area contributed by atoms with Crippen molar-refractivity contribution in [2.75, 3.05) is 20.2 Å². The van der Waals surface area contributed by atoms with E-state index in [1.165, 1.54) is 7.11 Å². The fraction of sp³-hybridized carbons (Fsp3) is 0.714. The van der Waals surface area contributed by atoms with Crippen LogP contribution in [-0.2, 0) is 14.3 Å². The molecule has 0 aromatic heterocycles. The molecule has 0 radical (unpaired) electrons. The molecule has 110 valence electrons. The van der Waals surface area contributed by atoms with Gasteiger partial charge in [0.1, 0.15) is 0 Å². The van der Waals surface area contributed by atoms with Crippen molar-refractivity contribution in [3.63, 3.8) is 0 Å². The predicted molar refractivity (Wildman–Crippen MR) is 75.8 cm³/mol. The normalized spacial score (nSPS) is 12.9. The molecule has 0 bridgehead atoms. The Hall–Kier alpha value is -1.36. The maximum Gasteiger partial charge on any atom is 0.333 e. The number of methoxy groups -OCH3 is 1. The average molecular weight is 270 g/mol. The van der Waals surface area contributed by atoms with E-state index in [2.05, 4.69) is 15.4 Å². The van der Waals surface area contributed by atoms with E-state index < -0.39 is 0 Å². The number of hydrogen-bond donors (Lipinski definition) is 2. The van der Waals surface area contributed by atoms with Crippen LogP contribution < -0.4 is 10.6 Å². The molecule has 19 heavy (non-hydrogen) atoms. The Kier molecular flexibility index (Phi) is 9.80. The molecule has 2 N–H and O–H groups in total. The fourth-order valence-corrected chi connectivity index (χ4v) is 1.45. The van der Waals surface area contributed by atoms with Crippen molar-refractivity contribution >= 4 is 11.9 Å². The summed E-state index contributed by atoms with van der Waals surface area (Å²) in [6, 6.07) is 0.221. The van der Waals surface area contributed by atoms with E-state index in [0.29, 0.717) is 31.5 Å².